The van der Waals surface area contributed by atoms with Gasteiger partial charge in [-0.05, 0) is 23.8 Å². The quantitative estimate of drug-likeness (QED) is 0.826. The van der Waals surface area contributed by atoms with Gasteiger partial charge in [-0.3, -0.25) is 4.90 Å². The molecule has 4 rings (SSSR count). The summed E-state index contributed by atoms with van der Waals surface area (Å²) in [6, 6.07) is 8.16. The number of hydrogen-bond donors (Lipinski definition) is 0. The van der Waals surface area contributed by atoms with E-state index in [2.05, 4.69) is 31.9 Å². The summed E-state index contributed by atoms with van der Waals surface area (Å²) in [6.45, 7) is 5.30. The number of piperazine rings is 1. The summed E-state index contributed by atoms with van der Waals surface area (Å²) in [7, 11) is 0. The average molecular weight is 371 g/mol. The molecule has 0 unspecified atom stereocenters. The van der Waals surface area contributed by atoms with Crippen molar-refractivity contribution in [2.45, 2.75) is 6.54 Å². The van der Waals surface area contributed by atoms with Crippen molar-refractivity contribution >= 4 is 30.6 Å². The van der Waals surface area contributed by atoms with E-state index in [-0.39, 0.29) is 24.8 Å². The lowest BCUT2D eigenvalue weighted by molar-refractivity contribution is 0.174. The zero-order chi connectivity index (χ0) is 14.8. The number of aromatic nitrogens is 2. The van der Waals surface area contributed by atoms with Crippen LogP contribution in [0.3, 0.4) is 0 Å². The molecule has 0 N–H and O–H groups in total. The van der Waals surface area contributed by atoms with Crippen molar-refractivity contribution in [2.75, 3.05) is 37.9 Å². The smallest absolute Gasteiger partial charge is 0.231 e. The van der Waals surface area contributed by atoms with Gasteiger partial charge >= 0.3 is 0 Å². The first-order valence-corrected chi connectivity index (χ1v) is 7.50. The maximum atomic E-state index is 5.44. The molecule has 8 heteroatoms. The molecule has 2 aliphatic heterocycles. The lowest BCUT2D eigenvalue weighted by atomic mass is 10.1. The van der Waals surface area contributed by atoms with Crippen LogP contribution in [-0.4, -0.2) is 47.8 Å². The molecular weight excluding hydrogens is 351 g/mol. The number of anilines is 1. The standard InChI is InChI=1S/C16H18N4O2.2ClH/c1-2-14-15(22-12-21-14)9-13(1)10-19-5-7-20(8-6-19)16-3-4-17-11-18-16;;/h1-4,9,11H,5-8,10,12H2;2*1H. The van der Waals surface area contributed by atoms with Crippen LogP contribution >= 0.6 is 24.8 Å². The van der Waals surface area contributed by atoms with Crippen molar-refractivity contribution in [3.63, 3.8) is 0 Å². The van der Waals surface area contributed by atoms with Crippen molar-refractivity contribution in [1.29, 1.82) is 0 Å². The molecule has 1 fully saturated rings. The molecule has 1 aromatic carbocycles. The number of rotatable bonds is 3. The molecule has 24 heavy (non-hydrogen) atoms. The second-order valence-corrected chi connectivity index (χ2v) is 5.52. The predicted molar refractivity (Wildman–Crippen MR) is 96.6 cm³/mol. The average Bonchev–Trinajstić information content (AvgIpc) is 3.04. The van der Waals surface area contributed by atoms with Crippen LogP contribution in [0.25, 0.3) is 0 Å². The van der Waals surface area contributed by atoms with Crippen molar-refractivity contribution in [3.05, 3.63) is 42.4 Å². The Hall–Kier alpha value is -1.76. The Morgan fingerprint density at radius 1 is 0.958 bits per heavy atom. The molecule has 0 radical (unpaired) electrons. The van der Waals surface area contributed by atoms with Crippen LogP contribution in [-0.2, 0) is 6.54 Å². The van der Waals surface area contributed by atoms with Crippen LogP contribution in [0.4, 0.5) is 5.82 Å². The zero-order valence-corrected chi connectivity index (χ0v) is 14.8. The van der Waals surface area contributed by atoms with Gasteiger partial charge in [0.05, 0.1) is 0 Å². The lowest BCUT2D eigenvalue weighted by Crippen LogP contribution is -2.46. The zero-order valence-electron chi connectivity index (χ0n) is 13.1. The number of benzene rings is 1. The van der Waals surface area contributed by atoms with E-state index >= 15 is 0 Å². The van der Waals surface area contributed by atoms with Crippen molar-refractivity contribution < 1.29 is 9.47 Å². The fraction of sp³-hybridized carbons (Fsp3) is 0.375. The molecule has 0 atom stereocenters. The molecule has 3 heterocycles. The molecule has 0 aliphatic carbocycles. The molecule has 0 saturated carbocycles. The molecule has 6 nitrogen and oxygen atoms in total. The third-order valence-corrected chi connectivity index (χ3v) is 4.11. The summed E-state index contributed by atoms with van der Waals surface area (Å²) in [5.74, 6) is 2.71. The summed E-state index contributed by atoms with van der Waals surface area (Å²) in [5, 5.41) is 0. The van der Waals surface area contributed by atoms with Gasteiger partial charge in [-0.15, -0.1) is 24.8 Å². The van der Waals surface area contributed by atoms with E-state index in [1.54, 1.807) is 12.5 Å². The third-order valence-electron chi connectivity index (χ3n) is 4.11. The van der Waals surface area contributed by atoms with Crippen LogP contribution in [0, 0.1) is 0 Å². The predicted octanol–water partition coefficient (Wildman–Crippen LogP) is 2.37. The highest BCUT2D eigenvalue weighted by molar-refractivity contribution is 5.85. The van der Waals surface area contributed by atoms with Gasteiger partial charge in [0.15, 0.2) is 11.5 Å². The van der Waals surface area contributed by atoms with Crippen molar-refractivity contribution in [2.24, 2.45) is 0 Å². The molecule has 1 saturated heterocycles. The van der Waals surface area contributed by atoms with Gasteiger partial charge in [-0.25, -0.2) is 9.97 Å². The third kappa shape index (κ3) is 4.01. The SMILES string of the molecule is Cl.Cl.c1cc(N2CCN(Cc3ccc4c(c3)OCO4)CC2)ncn1. The van der Waals surface area contributed by atoms with Crippen LogP contribution < -0.4 is 14.4 Å². The first-order chi connectivity index (χ1) is 10.9. The highest BCUT2D eigenvalue weighted by atomic mass is 35.5. The fourth-order valence-electron chi connectivity index (χ4n) is 2.90. The van der Waals surface area contributed by atoms with E-state index in [1.807, 2.05) is 12.1 Å². The van der Waals surface area contributed by atoms with Crippen molar-refractivity contribution in [3.8, 4) is 11.5 Å². The summed E-state index contributed by atoms with van der Waals surface area (Å²) in [4.78, 5) is 13.0. The Labute approximate surface area is 153 Å². The molecule has 0 spiro atoms. The summed E-state index contributed by atoms with van der Waals surface area (Å²) in [6.07, 6.45) is 3.40. The van der Waals surface area contributed by atoms with Gasteiger partial charge in [0.1, 0.15) is 12.1 Å². The molecule has 2 aromatic rings. The summed E-state index contributed by atoms with van der Waals surface area (Å²) in [5.41, 5.74) is 1.26. The number of fused-ring (bicyclic) bond motifs is 1. The number of ether oxygens (including phenoxy) is 2. The maximum Gasteiger partial charge on any atom is 0.231 e. The molecule has 130 valence electrons. The van der Waals surface area contributed by atoms with E-state index in [1.165, 1.54) is 5.56 Å². The number of halogens is 2. The van der Waals surface area contributed by atoms with Gasteiger partial charge < -0.3 is 14.4 Å². The highest BCUT2D eigenvalue weighted by Gasteiger charge is 2.19. The van der Waals surface area contributed by atoms with Crippen molar-refractivity contribution in [1.82, 2.24) is 14.9 Å². The van der Waals surface area contributed by atoms with Crippen LogP contribution in [0.15, 0.2) is 36.8 Å². The topological polar surface area (TPSA) is 50.7 Å². The monoisotopic (exact) mass is 370 g/mol. The second kappa shape index (κ2) is 8.37. The lowest BCUT2D eigenvalue weighted by Gasteiger charge is -2.35. The van der Waals surface area contributed by atoms with Crippen LogP contribution in [0.2, 0.25) is 0 Å². The number of hydrogen-bond acceptors (Lipinski definition) is 6. The van der Waals surface area contributed by atoms with E-state index in [4.69, 9.17) is 9.47 Å². The first kappa shape index (κ1) is 18.6. The first-order valence-electron chi connectivity index (χ1n) is 7.50. The summed E-state index contributed by atoms with van der Waals surface area (Å²) < 4.78 is 10.8. The normalized spacial score (nSPS) is 16.2. The Morgan fingerprint density at radius 2 is 1.75 bits per heavy atom. The Bertz CT molecular complexity index is 652. The van der Waals surface area contributed by atoms with E-state index in [0.29, 0.717) is 6.79 Å². The number of nitrogens with zero attached hydrogens (tertiary/aromatic N) is 4. The van der Waals surface area contributed by atoms with E-state index in [0.717, 1.165) is 50.0 Å². The molecule has 0 amide bonds. The highest BCUT2D eigenvalue weighted by Crippen LogP contribution is 2.32. The largest absolute Gasteiger partial charge is 0.454 e. The fourth-order valence-corrected chi connectivity index (χ4v) is 2.90. The second-order valence-electron chi connectivity index (χ2n) is 5.52. The molecular formula is C16H20Cl2N4O2. The minimum absolute atomic E-state index is 0. The molecule has 2 aliphatic rings. The minimum atomic E-state index is 0. The Balaban J connectivity index is 0.00000104. The van der Waals surface area contributed by atoms with Gasteiger partial charge in [-0.1, -0.05) is 6.07 Å². The maximum absolute atomic E-state index is 5.44. The summed E-state index contributed by atoms with van der Waals surface area (Å²) >= 11 is 0. The Kier molecular flexibility index (Phi) is 6.48. The van der Waals surface area contributed by atoms with Gasteiger partial charge in [0.25, 0.3) is 0 Å². The van der Waals surface area contributed by atoms with E-state index in [9.17, 15) is 0 Å². The van der Waals surface area contributed by atoms with Crippen LogP contribution in [0.5, 0.6) is 11.5 Å². The minimum Gasteiger partial charge on any atom is -0.454 e. The van der Waals surface area contributed by atoms with E-state index < -0.39 is 0 Å². The van der Waals surface area contributed by atoms with Crippen LogP contribution in [0.1, 0.15) is 5.56 Å². The van der Waals surface area contributed by atoms with Gasteiger partial charge in [0, 0.05) is 38.9 Å². The Morgan fingerprint density at radius 3 is 2.50 bits per heavy atom. The molecule has 1 aromatic heterocycles. The van der Waals surface area contributed by atoms with Gasteiger partial charge in [-0.2, -0.15) is 0 Å². The molecule has 0 bridgehead atoms. The van der Waals surface area contributed by atoms with Gasteiger partial charge in [0.2, 0.25) is 6.79 Å².